The monoisotopic (exact) mass is 348 g/mol. The molecular weight excluding hydrogens is 331 g/mol. The maximum atomic E-state index is 12.6. The summed E-state index contributed by atoms with van der Waals surface area (Å²) in [6, 6.07) is 13.5. The highest BCUT2D eigenvalue weighted by Crippen LogP contribution is 2.27. The summed E-state index contributed by atoms with van der Waals surface area (Å²) in [5, 5.41) is 0.747. The number of hydrogen-bond acceptors (Lipinski definition) is 2. The number of para-hydroxylation sites is 1. The molecule has 0 unspecified atom stereocenters. The molecule has 1 fully saturated rings. The molecule has 1 saturated heterocycles. The fourth-order valence-electron chi connectivity index (χ4n) is 2.91. The van der Waals surface area contributed by atoms with Crippen molar-refractivity contribution >= 4 is 34.8 Å². The zero-order valence-electron chi connectivity index (χ0n) is 12.9. The third-order valence-electron chi connectivity index (χ3n) is 4.21. The number of halogens is 2. The van der Waals surface area contributed by atoms with Gasteiger partial charge in [-0.1, -0.05) is 47.5 Å². The van der Waals surface area contributed by atoms with Gasteiger partial charge >= 0.3 is 0 Å². The molecule has 0 spiro atoms. The van der Waals surface area contributed by atoms with Gasteiger partial charge in [0.2, 0.25) is 0 Å². The number of benzene rings is 2. The Kier molecular flexibility index (Phi) is 4.79. The lowest BCUT2D eigenvalue weighted by Crippen LogP contribution is -2.49. The first kappa shape index (κ1) is 16.2. The van der Waals surface area contributed by atoms with Crippen LogP contribution in [0.4, 0.5) is 5.69 Å². The van der Waals surface area contributed by atoms with Crippen molar-refractivity contribution in [2.75, 3.05) is 31.1 Å². The minimum Gasteiger partial charge on any atom is -0.368 e. The Balaban J connectivity index is 1.71. The lowest BCUT2D eigenvalue weighted by atomic mass is 10.1. The first-order chi connectivity index (χ1) is 11.1. The molecule has 3 rings (SSSR count). The highest BCUT2D eigenvalue weighted by molar-refractivity contribution is 6.43. The number of piperazine rings is 1. The molecule has 3 nitrogen and oxygen atoms in total. The lowest BCUT2D eigenvalue weighted by molar-refractivity contribution is 0.0747. The van der Waals surface area contributed by atoms with E-state index >= 15 is 0 Å². The molecule has 0 aliphatic carbocycles. The van der Waals surface area contributed by atoms with Crippen LogP contribution in [0.25, 0.3) is 0 Å². The number of hydrogen-bond donors (Lipinski definition) is 0. The zero-order valence-corrected chi connectivity index (χ0v) is 14.4. The Labute approximate surface area is 146 Å². The molecule has 0 bridgehead atoms. The summed E-state index contributed by atoms with van der Waals surface area (Å²) >= 11 is 12.2. The first-order valence-corrected chi connectivity index (χ1v) is 8.37. The van der Waals surface area contributed by atoms with Gasteiger partial charge in [0.15, 0.2) is 0 Å². The Bertz CT molecular complexity index is 725. The van der Waals surface area contributed by atoms with Crippen molar-refractivity contribution in [3.63, 3.8) is 0 Å². The van der Waals surface area contributed by atoms with Gasteiger partial charge in [-0.25, -0.2) is 0 Å². The Morgan fingerprint density at radius 1 is 0.957 bits per heavy atom. The summed E-state index contributed by atoms with van der Waals surface area (Å²) in [5.41, 5.74) is 2.97. The van der Waals surface area contributed by atoms with E-state index in [1.807, 2.05) is 17.0 Å². The molecule has 1 amide bonds. The van der Waals surface area contributed by atoms with Crippen LogP contribution in [0.3, 0.4) is 0 Å². The van der Waals surface area contributed by atoms with E-state index in [1.165, 1.54) is 11.3 Å². The van der Waals surface area contributed by atoms with Crippen molar-refractivity contribution in [2.45, 2.75) is 6.92 Å². The minimum absolute atomic E-state index is 0.0538. The molecule has 0 N–H and O–H groups in total. The number of carbonyl (C=O) groups is 1. The minimum atomic E-state index is -0.0538. The van der Waals surface area contributed by atoms with E-state index in [4.69, 9.17) is 23.2 Å². The Hall–Kier alpha value is -1.71. The third kappa shape index (κ3) is 3.31. The molecule has 1 aliphatic rings. The van der Waals surface area contributed by atoms with Crippen LogP contribution in [0.5, 0.6) is 0 Å². The second kappa shape index (κ2) is 6.81. The van der Waals surface area contributed by atoms with Crippen LogP contribution in [-0.2, 0) is 0 Å². The fraction of sp³-hybridized carbons (Fsp3) is 0.278. The van der Waals surface area contributed by atoms with Crippen molar-refractivity contribution in [2.24, 2.45) is 0 Å². The molecule has 5 heteroatoms. The van der Waals surface area contributed by atoms with Crippen LogP contribution in [0.1, 0.15) is 15.9 Å². The average molecular weight is 349 g/mol. The van der Waals surface area contributed by atoms with E-state index in [2.05, 4.69) is 24.0 Å². The number of aryl methyl sites for hydroxylation is 1. The highest BCUT2D eigenvalue weighted by Gasteiger charge is 2.24. The van der Waals surface area contributed by atoms with Crippen molar-refractivity contribution in [1.82, 2.24) is 4.90 Å². The van der Waals surface area contributed by atoms with Gasteiger partial charge in [-0.05, 0) is 30.7 Å². The summed E-state index contributed by atoms with van der Waals surface area (Å²) in [7, 11) is 0. The van der Waals surface area contributed by atoms with Gasteiger partial charge in [0.25, 0.3) is 5.91 Å². The van der Waals surface area contributed by atoms with Gasteiger partial charge in [0, 0.05) is 31.9 Å². The SMILES string of the molecule is Cc1ccccc1N1CCN(C(=O)c2cccc(Cl)c2Cl)CC1. The van der Waals surface area contributed by atoms with Gasteiger partial charge in [-0.3, -0.25) is 4.79 Å². The van der Waals surface area contributed by atoms with Crippen LogP contribution < -0.4 is 4.90 Å². The maximum Gasteiger partial charge on any atom is 0.255 e. The van der Waals surface area contributed by atoms with Crippen molar-refractivity contribution in [3.8, 4) is 0 Å². The number of amides is 1. The average Bonchev–Trinajstić information content (AvgIpc) is 2.57. The normalized spacial score (nSPS) is 14.9. The van der Waals surface area contributed by atoms with Crippen molar-refractivity contribution < 1.29 is 4.79 Å². The third-order valence-corrected chi connectivity index (χ3v) is 5.02. The molecule has 0 atom stereocenters. The maximum absolute atomic E-state index is 12.6. The topological polar surface area (TPSA) is 23.6 Å². The van der Waals surface area contributed by atoms with Gasteiger partial charge in [0.1, 0.15) is 0 Å². The number of anilines is 1. The highest BCUT2D eigenvalue weighted by atomic mass is 35.5. The van der Waals surface area contributed by atoms with Crippen molar-refractivity contribution in [1.29, 1.82) is 0 Å². The summed E-state index contributed by atoms with van der Waals surface area (Å²) in [5.74, 6) is -0.0538. The van der Waals surface area contributed by atoms with E-state index in [9.17, 15) is 4.79 Å². The fourth-order valence-corrected chi connectivity index (χ4v) is 3.29. The van der Waals surface area contributed by atoms with Gasteiger partial charge in [0.05, 0.1) is 15.6 Å². The Morgan fingerprint density at radius 3 is 2.35 bits per heavy atom. The summed E-state index contributed by atoms with van der Waals surface area (Å²) in [6.45, 7) is 5.09. The molecule has 0 saturated carbocycles. The quantitative estimate of drug-likeness (QED) is 0.809. The summed E-state index contributed by atoms with van der Waals surface area (Å²) < 4.78 is 0. The van der Waals surface area contributed by atoms with Gasteiger partial charge in [-0.2, -0.15) is 0 Å². The van der Waals surface area contributed by atoms with E-state index in [0.717, 1.165) is 13.1 Å². The predicted octanol–water partition coefficient (Wildman–Crippen LogP) is 4.26. The standard InChI is InChI=1S/C18H18Cl2N2O/c1-13-5-2-3-8-16(13)21-9-11-22(12-10-21)18(23)14-6-4-7-15(19)17(14)20/h2-8H,9-12H2,1H3. The van der Waals surface area contributed by atoms with Crippen LogP contribution in [0, 0.1) is 6.92 Å². The second-order valence-corrected chi connectivity index (χ2v) is 6.45. The van der Waals surface area contributed by atoms with E-state index in [1.54, 1.807) is 18.2 Å². The molecule has 1 heterocycles. The van der Waals surface area contributed by atoms with Crippen LogP contribution in [0.15, 0.2) is 42.5 Å². The molecule has 120 valence electrons. The molecular formula is C18H18Cl2N2O. The van der Waals surface area contributed by atoms with Crippen LogP contribution in [0.2, 0.25) is 10.0 Å². The molecule has 23 heavy (non-hydrogen) atoms. The Morgan fingerprint density at radius 2 is 1.65 bits per heavy atom. The first-order valence-electron chi connectivity index (χ1n) is 7.62. The second-order valence-electron chi connectivity index (χ2n) is 5.67. The number of nitrogens with zero attached hydrogens (tertiary/aromatic N) is 2. The molecule has 2 aromatic rings. The largest absolute Gasteiger partial charge is 0.368 e. The number of carbonyl (C=O) groups excluding carboxylic acids is 1. The summed E-state index contributed by atoms with van der Waals surface area (Å²) in [6.07, 6.45) is 0. The van der Waals surface area contributed by atoms with Gasteiger partial charge < -0.3 is 9.80 Å². The van der Waals surface area contributed by atoms with Crippen molar-refractivity contribution in [3.05, 3.63) is 63.6 Å². The number of rotatable bonds is 2. The van der Waals surface area contributed by atoms with Crippen LogP contribution in [-0.4, -0.2) is 37.0 Å². The molecule has 0 aromatic heterocycles. The van der Waals surface area contributed by atoms with E-state index in [0.29, 0.717) is 28.7 Å². The zero-order chi connectivity index (χ0) is 16.4. The summed E-state index contributed by atoms with van der Waals surface area (Å²) in [4.78, 5) is 16.8. The predicted molar refractivity (Wildman–Crippen MR) is 95.8 cm³/mol. The smallest absolute Gasteiger partial charge is 0.255 e. The van der Waals surface area contributed by atoms with E-state index < -0.39 is 0 Å². The molecule has 2 aromatic carbocycles. The van der Waals surface area contributed by atoms with Crippen LogP contribution >= 0.6 is 23.2 Å². The lowest BCUT2D eigenvalue weighted by Gasteiger charge is -2.37. The van der Waals surface area contributed by atoms with Gasteiger partial charge in [-0.15, -0.1) is 0 Å². The molecule has 0 radical (unpaired) electrons. The molecule has 1 aliphatic heterocycles. The van der Waals surface area contributed by atoms with E-state index in [-0.39, 0.29) is 5.91 Å².